The lowest BCUT2D eigenvalue weighted by Gasteiger charge is -2.38. The first kappa shape index (κ1) is 11.3. The number of hydrogen-bond acceptors (Lipinski definition) is 2. The Kier molecular flexibility index (Phi) is 2.43. The summed E-state index contributed by atoms with van der Waals surface area (Å²) in [5.74, 6) is -1.19. The van der Waals surface area contributed by atoms with Crippen LogP contribution in [0.15, 0.2) is 18.3 Å². The van der Waals surface area contributed by atoms with Crippen molar-refractivity contribution in [2.24, 2.45) is 0 Å². The fourth-order valence-electron chi connectivity index (χ4n) is 2.46. The highest BCUT2D eigenvalue weighted by atomic mass is 16.4. The summed E-state index contributed by atoms with van der Waals surface area (Å²) in [6, 6.07) is 4.01. The maximum absolute atomic E-state index is 12.2. The molecule has 0 bridgehead atoms. The summed E-state index contributed by atoms with van der Waals surface area (Å²) in [5, 5.41) is 11.9. The molecule has 1 heterocycles. The highest BCUT2D eigenvalue weighted by molar-refractivity contribution is 5.97. The second kappa shape index (κ2) is 3.86. The van der Waals surface area contributed by atoms with Gasteiger partial charge in [0, 0.05) is 12.2 Å². The van der Waals surface area contributed by atoms with Crippen LogP contribution in [-0.4, -0.2) is 27.1 Å². The van der Waals surface area contributed by atoms with Gasteiger partial charge in [0.1, 0.15) is 11.2 Å². The summed E-state index contributed by atoms with van der Waals surface area (Å²) in [4.78, 5) is 23.4. The molecular formula is C13H16N2O3. The van der Waals surface area contributed by atoms with Gasteiger partial charge >= 0.3 is 5.97 Å². The molecule has 1 aromatic heterocycles. The quantitative estimate of drug-likeness (QED) is 0.849. The summed E-state index contributed by atoms with van der Waals surface area (Å²) in [6.45, 7) is 0. The Labute approximate surface area is 105 Å². The van der Waals surface area contributed by atoms with E-state index in [-0.39, 0.29) is 5.91 Å². The molecule has 2 aliphatic carbocycles. The molecule has 96 valence electrons. The Balaban J connectivity index is 1.78. The van der Waals surface area contributed by atoms with E-state index in [9.17, 15) is 14.7 Å². The number of aromatic nitrogens is 1. The first-order chi connectivity index (χ1) is 8.62. The Morgan fingerprint density at radius 1 is 1.39 bits per heavy atom. The van der Waals surface area contributed by atoms with Crippen molar-refractivity contribution in [1.82, 2.24) is 9.88 Å². The number of rotatable bonds is 4. The molecule has 0 unspecified atom stereocenters. The monoisotopic (exact) mass is 248 g/mol. The summed E-state index contributed by atoms with van der Waals surface area (Å²) in [6.07, 6.45) is 5.99. The van der Waals surface area contributed by atoms with Crippen molar-refractivity contribution in [3.05, 3.63) is 24.0 Å². The molecule has 1 aromatic rings. The van der Waals surface area contributed by atoms with E-state index >= 15 is 0 Å². The summed E-state index contributed by atoms with van der Waals surface area (Å²) in [5.41, 5.74) is -0.458. The summed E-state index contributed by atoms with van der Waals surface area (Å²) >= 11 is 0. The first-order valence-corrected chi connectivity index (χ1v) is 6.35. The molecule has 3 rings (SSSR count). The Morgan fingerprint density at radius 3 is 2.61 bits per heavy atom. The molecule has 5 heteroatoms. The Bertz CT molecular complexity index is 498. The smallest absolute Gasteiger partial charge is 0.329 e. The molecule has 18 heavy (non-hydrogen) atoms. The molecule has 2 saturated carbocycles. The molecule has 0 aromatic carbocycles. The van der Waals surface area contributed by atoms with Crippen molar-refractivity contribution in [3.63, 3.8) is 0 Å². The van der Waals surface area contributed by atoms with Gasteiger partial charge in [0.2, 0.25) is 0 Å². The van der Waals surface area contributed by atoms with Crippen LogP contribution in [0.5, 0.6) is 0 Å². The second-order valence-corrected chi connectivity index (χ2v) is 5.23. The van der Waals surface area contributed by atoms with Crippen LogP contribution in [0.25, 0.3) is 0 Å². The highest BCUT2D eigenvalue weighted by Gasteiger charge is 2.46. The number of carboxylic acid groups (broad SMARTS) is 1. The maximum Gasteiger partial charge on any atom is 0.329 e. The average molecular weight is 248 g/mol. The van der Waals surface area contributed by atoms with Gasteiger partial charge in [0.15, 0.2) is 0 Å². The zero-order valence-electron chi connectivity index (χ0n) is 10.1. The van der Waals surface area contributed by atoms with E-state index in [2.05, 4.69) is 5.32 Å². The molecule has 0 atom stereocenters. The van der Waals surface area contributed by atoms with Crippen molar-refractivity contribution < 1.29 is 14.7 Å². The van der Waals surface area contributed by atoms with Crippen LogP contribution in [-0.2, 0) is 4.79 Å². The fraction of sp³-hybridized carbons (Fsp3) is 0.538. The lowest BCUT2D eigenvalue weighted by molar-refractivity contribution is -0.148. The minimum atomic E-state index is -1.03. The lowest BCUT2D eigenvalue weighted by atomic mass is 9.76. The van der Waals surface area contributed by atoms with Gasteiger partial charge in [-0.15, -0.1) is 0 Å². The van der Waals surface area contributed by atoms with Crippen LogP contribution in [0.4, 0.5) is 0 Å². The number of amides is 1. The van der Waals surface area contributed by atoms with Crippen LogP contribution in [0.2, 0.25) is 0 Å². The van der Waals surface area contributed by atoms with Gasteiger partial charge in [-0.05, 0) is 44.2 Å². The standard InChI is InChI=1S/C13H16N2O3/c16-11(14-13(12(17)18)6-2-7-13)10-3-1-8-15(10)9-4-5-9/h1,3,8-9H,2,4-7H2,(H,14,16)(H,17,18). The molecule has 0 aliphatic heterocycles. The van der Waals surface area contributed by atoms with Crippen LogP contribution < -0.4 is 5.32 Å². The molecule has 1 amide bonds. The van der Waals surface area contributed by atoms with Crippen LogP contribution in [0.1, 0.15) is 48.6 Å². The number of carboxylic acids is 1. The third-order valence-corrected chi connectivity index (χ3v) is 3.92. The minimum absolute atomic E-state index is 0.269. The van der Waals surface area contributed by atoms with Crippen molar-refractivity contribution in [3.8, 4) is 0 Å². The third-order valence-electron chi connectivity index (χ3n) is 3.92. The van der Waals surface area contributed by atoms with E-state index in [0.717, 1.165) is 19.3 Å². The summed E-state index contributed by atoms with van der Waals surface area (Å²) in [7, 11) is 0. The molecule has 2 N–H and O–H groups in total. The highest BCUT2D eigenvalue weighted by Crippen LogP contribution is 2.37. The van der Waals surface area contributed by atoms with E-state index in [1.54, 1.807) is 6.07 Å². The molecular weight excluding hydrogens is 232 g/mol. The molecule has 0 saturated heterocycles. The van der Waals surface area contributed by atoms with Crippen molar-refractivity contribution >= 4 is 11.9 Å². The fourth-order valence-corrected chi connectivity index (χ4v) is 2.46. The molecule has 5 nitrogen and oxygen atoms in total. The number of hydrogen-bond donors (Lipinski definition) is 2. The van der Waals surface area contributed by atoms with Gasteiger partial charge in [-0.2, -0.15) is 0 Å². The predicted octanol–water partition coefficient (Wildman–Crippen LogP) is 1.56. The van der Waals surface area contributed by atoms with Gasteiger partial charge in [0.05, 0.1) is 0 Å². The van der Waals surface area contributed by atoms with Crippen LogP contribution in [0, 0.1) is 0 Å². The SMILES string of the molecule is O=C(NC1(C(=O)O)CCC1)c1cccn1C1CC1. The Hall–Kier alpha value is -1.78. The number of carbonyl (C=O) groups excluding carboxylic acids is 1. The average Bonchev–Trinajstić information content (AvgIpc) is 3.00. The van der Waals surface area contributed by atoms with E-state index in [1.807, 2.05) is 16.8 Å². The summed E-state index contributed by atoms with van der Waals surface area (Å²) < 4.78 is 1.95. The zero-order valence-corrected chi connectivity index (χ0v) is 10.1. The zero-order chi connectivity index (χ0) is 12.8. The van der Waals surface area contributed by atoms with Gasteiger partial charge < -0.3 is 15.0 Å². The number of aliphatic carboxylic acids is 1. The minimum Gasteiger partial charge on any atom is -0.480 e. The van der Waals surface area contributed by atoms with Crippen molar-refractivity contribution in [1.29, 1.82) is 0 Å². The van der Waals surface area contributed by atoms with E-state index in [4.69, 9.17) is 0 Å². The normalized spacial score (nSPS) is 21.1. The maximum atomic E-state index is 12.2. The van der Waals surface area contributed by atoms with Crippen molar-refractivity contribution in [2.75, 3.05) is 0 Å². The van der Waals surface area contributed by atoms with E-state index in [0.29, 0.717) is 24.6 Å². The van der Waals surface area contributed by atoms with E-state index < -0.39 is 11.5 Å². The van der Waals surface area contributed by atoms with Crippen molar-refractivity contribution in [2.45, 2.75) is 43.7 Å². The van der Waals surface area contributed by atoms with Gasteiger partial charge in [-0.1, -0.05) is 0 Å². The number of nitrogens with one attached hydrogen (secondary N) is 1. The molecule has 2 aliphatic rings. The molecule has 2 fully saturated rings. The second-order valence-electron chi connectivity index (χ2n) is 5.23. The number of nitrogens with zero attached hydrogens (tertiary/aromatic N) is 1. The lowest BCUT2D eigenvalue weighted by Crippen LogP contribution is -2.59. The first-order valence-electron chi connectivity index (χ1n) is 6.35. The van der Waals surface area contributed by atoms with Gasteiger partial charge in [-0.25, -0.2) is 4.79 Å². The van der Waals surface area contributed by atoms with Gasteiger partial charge in [0.25, 0.3) is 5.91 Å². The van der Waals surface area contributed by atoms with E-state index in [1.165, 1.54) is 0 Å². The number of carbonyl (C=O) groups is 2. The van der Waals surface area contributed by atoms with Gasteiger partial charge in [-0.3, -0.25) is 4.79 Å². The molecule has 0 spiro atoms. The Morgan fingerprint density at radius 2 is 2.11 bits per heavy atom. The van der Waals surface area contributed by atoms with Crippen LogP contribution in [0.3, 0.4) is 0 Å². The molecule has 0 radical (unpaired) electrons. The third kappa shape index (κ3) is 1.70. The van der Waals surface area contributed by atoms with Crippen LogP contribution >= 0.6 is 0 Å². The predicted molar refractivity (Wildman–Crippen MR) is 64.4 cm³/mol. The topological polar surface area (TPSA) is 71.3 Å². The largest absolute Gasteiger partial charge is 0.480 e.